The predicted octanol–water partition coefficient (Wildman–Crippen LogP) is 13.1. The highest BCUT2D eigenvalue weighted by atomic mass is 79.9. The number of esters is 1. The highest BCUT2D eigenvalue weighted by molar-refractivity contribution is 9.11. The van der Waals surface area contributed by atoms with E-state index in [-0.39, 0.29) is 17.5 Å². The zero-order valence-electron chi connectivity index (χ0n) is 32.8. The number of halogens is 1. The molecule has 0 aromatic rings. The maximum atomic E-state index is 12.8. The Hall–Kier alpha value is -2.41. The number of hydrogen-bond acceptors (Lipinski definition) is 2. The van der Waals surface area contributed by atoms with Gasteiger partial charge in [-0.05, 0) is 172 Å². The molecule has 0 aromatic carbocycles. The molecule has 4 rings (SSSR count). The Balaban J connectivity index is 1.18. The second-order valence-electron chi connectivity index (χ2n) is 16.7. The van der Waals surface area contributed by atoms with Crippen molar-refractivity contribution in [3.8, 4) is 35.5 Å². The summed E-state index contributed by atoms with van der Waals surface area (Å²) >= 11 is 3.21. The molecule has 0 saturated heterocycles. The van der Waals surface area contributed by atoms with E-state index in [9.17, 15) is 4.79 Å². The number of ether oxygens (including phenoxy) is 1. The molecular weight excluding hydrogens is 688 g/mol. The van der Waals surface area contributed by atoms with Crippen molar-refractivity contribution in [2.24, 2.45) is 46.3 Å². The summed E-state index contributed by atoms with van der Waals surface area (Å²) in [5.74, 6) is 22.7. The predicted molar refractivity (Wildman–Crippen MR) is 220 cm³/mol. The molecule has 51 heavy (non-hydrogen) atoms. The molecule has 2 nitrogen and oxygen atoms in total. The monoisotopic (exact) mass is 754 g/mol. The molecule has 0 aromatic heterocycles. The third kappa shape index (κ3) is 11.1. The van der Waals surface area contributed by atoms with Gasteiger partial charge in [-0.3, -0.25) is 4.79 Å². The molecule has 0 aliphatic heterocycles. The van der Waals surface area contributed by atoms with Crippen LogP contribution in [0.15, 0.2) is 47.0 Å². The fraction of sp³-hybridized carbons (Fsp3) is 0.688. The van der Waals surface area contributed by atoms with Crippen LogP contribution in [0.4, 0.5) is 0 Å². The number of fused-ring (bicyclic) bond motifs is 5. The van der Waals surface area contributed by atoms with Crippen molar-refractivity contribution in [2.75, 3.05) is 0 Å². The summed E-state index contributed by atoms with van der Waals surface area (Å²) in [5, 5.41) is 0. The first-order chi connectivity index (χ1) is 24.7. The van der Waals surface area contributed by atoms with Gasteiger partial charge in [0.1, 0.15) is 6.10 Å². The van der Waals surface area contributed by atoms with E-state index in [4.69, 9.17) is 4.74 Å². The van der Waals surface area contributed by atoms with Crippen molar-refractivity contribution in [1.29, 1.82) is 0 Å². The molecule has 0 spiro atoms. The third-order valence-electron chi connectivity index (χ3n) is 13.9. The van der Waals surface area contributed by atoms with Gasteiger partial charge in [0.2, 0.25) is 0 Å². The Kier molecular flexibility index (Phi) is 16.8. The molecule has 0 bridgehead atoms. The van der Waals surface area contributed by atoms with Crippen LogP contribution in [-0.4, -0.2) is 12.1 Å². The minimum atomic E-state index is -0.0673. The highest BCUT2D eigenvalue weighted by Gasteiger charge is 2.59. The number of allylic oxidation sites excluding steroid dienone is 5. The van der Waals surface area contributed by atoms with Crippen molar-refractivity contribution in [1.82, 2.24) is 0 Å². The smallest absolute Gasteiger partial charge is 0.306 e. The van der Waals surface area contributed by atoms with Crippen molar-refractivity contribution < 1.29 is 9.53 Å². The van der Waals surface area contributed by atoms with E-state index >= 15 is 0 Å². The van der Waals surface area contributed by atoms with Crippen molar-refractivity contribution in [3.63, 3.8) is 0 Å². The van der Waals surface area contributed by atoms with Crippen LogP contribution in [0.5, 0.6) is 0 Å². The summed E-state index contributed by atoms with van der Waals surface area (Å²) in [6, 6.07) is 0. The minimum absolute atomic E-state index is 0.0294. The van der Waals surface area contributed by atoms with E-state index in [0.717, 1.165) is 81.0 Å². The average Bonchev–Trinajstić information content (AvgIpc) is 3.48. The normalized spacial score (nSPS) is 30.1. The molecule has 3 heteroatoms. The summed E-state index contributed by atoms with van der Waals surface area (Å²) in [6.07, 6.45) is 29.3. The first-order valence-corrected chi connectivity index (χ1v) is 21.5. The lowest BCUT2D eigenvalue weighted by Crippen LogP contribution is -2.51. The van der Waals surface area contributed by atoms with Crippen LogP contribution in [0, 0.1) is 81.9 Å². The summed E-state index contributed by atoms with van der Waals surface area (Å²) < 4.78 is 6.06. The summed E-state index contributed by atoms with van der Waals surface area (Å²) in [5.41, 5.74) is 3.84. The first kappa shape index (κ1) is 41.3. The van der Waals surface area contributed by atoms with Crippen LogP contribution in [-0.2, 0) is 9.53 Å². The molecule has 0 radical (unpaired) electrons. The number of carbonyl (C=O) groups is 1. The van der Waals surface area contributed by atoms with Gasteiger partial charge in [-0.2, -0.15) is 0 Å². The van der Waals surface area contributed by atoms with Gasteiger partial charge in [-0.15, -0.1) is 0 Å². The highest BCUT2D eigenvalue weighted by Crippen LogP contribution is 2.67. The lowest BCUT2D eigenvalue weighted by atomic mass is 9.47. The summed E-state index contributed by atoms with van der Waals surface area (Å²) in [7, 11) is 0. The van der Waals surface area contributed by atoms with Gasteiger partial charge in [0.15, 0.2) is 0 Å². The molecule has 3 fully saturated rings. The van der Waals surface area contributed by atoms with Crippen LogP contribution >= 0.6 is 15.9 Å². The largest absolute Gasteiger partial charge is 0.462 e. The topological polar surface area (TPSA) is 26.3 Å². The molecule has 0 N–H and O–H groups in total. The van der Waals surface area contributed by atoms with Crippen molar-refractivity contribution in [2.45, 2.75) is 163 Å². The Morgan fingerprint density at radius 3 is 2.57 bits per heavy atom. The molecule has 0 heterocycles. The zero-order chi connectivity index (χ0) is 36.7. The fourth-order valence-corrected chi connectivity index (χ4v) is 11.1. The van der Waals surface area contributed by atoms with E-state index in [1.807, 2.05) is 6.08 Å². The standard InChI is InChI=1S/C48H67BrO2/c1-7-39(8-2)37(3)25-26-38(4)43-29-30-44-42-28-27-40-36-41(31-33-47(40,5)45(42)32-34-48(43,44)6)51-46(50)24-22-20-18-16-14-12-10-9-11-13-15-17-19-21-23-35-49/h9-10,23,27,35,38-39,41-45H,3,7-8,11,13,15,17,20,22,24-26,28-34,36H2,1-2,4-6H3/b10-9+,35-23+. The average molecular weight is 756 g/mol. The van der Waals surface area contributed by atoms with Gasteiger partial charge in [-0.25, -0.2) is 0 Å². The van der Waals surface area contributed by atoms with E-state index in [2.05, 4.69) is 105 Å². The van der Waals surface area contributed by atoms with E-state index in [0.29, 0.717) is 24.2 Å². The lowest BCUT2D eigenvalue weighted by Gasteiger charge is -2.58. The SMILES string of the molecule is C=C(CCC(C)C1CCC2C3CC=C4CC(OC(=O)CCCC#CC#C/C=C/CCCCC#C/C=C/Br)CCC4(C)C3CCC12C)C(CC)CC. The van der Waals surface area contributed by atoms with Crippen LogP contribution in [0.25, 0.3) is 0 Å². The van der Waals surface area contributed by atoms with Crippen LogP contribution in [0.3, 0.4) is 0 Å². The fourth-order valence-electron chi connectivity index (χ4n) is 10.9. The van der Waals surface area contributed by atoms with Crippen molar-refractivity contribution in [3.05, 3.63) is 47.0 Å². The maximum Gasteiger partial charge on any atom is 0.306 e. The Bertz CT molecular complexity index is 1440. The van der Waals surface area contributed by atoms with Gasteiger partial charge in [-0.1, -0.05) is 104 Å². The third-order valence-corrected chi connectivity index (χ3v) is 14.1. The molecule has 4 aliphatic rings. The molecule has 278 valence electrons. The van der Waals surface area contributed by atoms with Gasteiger partial charge in [0.25, 0.3) is 0 Å². The number of carbonyl (C=O) groups excluding carboxylic acids is 1. The van der Waals surface area contributed by atoms with Gasteiger partial charge < -0.3 is 4.74 Å². The lowest BCUT2D eigenvalue weighted by molar-refractivity contribution is -0.151. The van der Waals surface area contributed by atoms with Crippen LogP contribution in [0.2, 0.25) is 0 Å². The number of unbranched alkanes of at least 4 members (excludes halogenated alkanes) is 4. The molecule has 4 aliphatic carbocycles. The molecular formula is C48H67BrO2. The Morgan fingerprint density at radius 2 is 1.78 bits per heavy atom. The molecule has 0 amide bonds. The first-order valence-electron chi connectivity index (χ1n) is 20.6. The maximum absolute atomic E-state index is 12.8. The quantitative estimate of drug-likeness (QED) is 0.0720. The minimum Gasteiger partial charge on any atom is -0.462 e. The van der Waals surface area contributed by atoms with Crippen LogP contribution < -0.4 is 0 Å². The van der Waals surface area contributed by atoms with E-state index < -0.39 is 0 Å². The number of rotatable bonds is 15. The second-order valence-corrected chi connectivity index (χ2v) is 17.2. The van der Waals surface area contributed by atoms with Gasteiger partial charge >= 0.3 is 5.97 Å². The van der Waals surface area contributed by atoms with Gasteiger partial charge in [0, 0.05) is 25.7 Å². The van der Waals surface area contributed by atoms with Crippen LogP contribution in [0.1, 0.15) is 157 Å². The second kappa shape index (κ2) is 20.7. The van der Waals surface area contributed by atoms with Crippen molar-refractivity contribution >= 4 is 21.9 Å². The summed E-state index contributed by atoms with van der Waals surface area (Å²) in [6.45, 7) is 16.9. The Morgan fingerprint density at radius 1 is 0.980 bits per heavy atom. The van der Waals surface area contributed by atoms with Gasteiger partial charge in [0.05, 0.1) is 0 Å². The Labute approximate surface area is 321 Å². The van der Waals surface area contributed by atoms with E-state index in [1.54, 1.807) is 16.6 Å². The molecule has 8 atom stereocenters. The zero-order valence-corrected chi connectivity index (χ0v) is 34.4. The molecule has 3 saturated carbocycles. The molecule has 8 unspecified atom stereocenters. The summed E-state index contributed by atoms with van der Waals surface area (Å²) in [4.78, 5) is 14.5. The number of hydrogen-bond donors (Lipinski definition) is 0. The van der Waals surface area contributed by atoms with E-state index in [1.165, 1.54) is 63.4 Å².